The molecule has 0 fully saturated rings. The van der Waals surface area contributed by atoms with Crippen molar-refractivity contribution in [1.82, 2.24) is 9.78 Å². The second-order valence-electron chi connectivity index (χ2n) is 2.74. The molecular weight excluding hydrogens is 191 g/mol. The summed E-state index contributed by atoms with van der Waals surface area (Å²) < 4.78 is 14.9. The predicted octanol–water partition coefficient (Wildman–Crippen LogP) is 2.85. The predicted molar refractivity (Wildman–Crippen MR) is 50.4 cm³/mol. The van der Waals surface area contributed by atoms with Crippen molar-refractivity contribution in [3.63, 3.8) is 0 Å². The van der Waals surface area contributed by atoms with Crippen LogP contribution in [0.3, 0.4) is 0 Å². The van der Waals surface area contributed by atoms with Crippen molar-refractivity contribution in [2.75, 3.05) is 0 Å². The van der Waals surface area contributed by atoms with E-state index in [1.54, 1.807) is 16.8 Å². The number of aryl methyl sites for hydroxylation is 1. The van der Waals surface area contributed by atoms with Gasteiger partial charge in [-0.15, -0.1) is 0 Å². The summed E-state index contributed by atoms with van der Waals surface area (Å²) >= 11 is 5.83. The third kappa shape index (κ3) is 1.20. The lowest BCUT2D eigenvalue weighted by molar-refractivity contribution is 0.610. The highest BCUT2D eigenvalue weighted by molar-refractivity contribution is 6.34. The fraction of sp³-hybridized carbons (Fsp3) is 0.222. The molecule has 0 spiro atoms. The molecule has 2 aromatic rings. The van der Waals surface area contributed by atoms with Crippen LogP contribution in [0.5, 0.6) is 0 Å². The summed E-state index contributed by atoms with van der Waals surface area (Å²) in [7, 11) is 0. The highest BCUT2D eigenvalue weighted by atomic mass is 35.5. The maximum atomic E-state index is 13.3. The molecule has 0 saturated carbocycles. The Morgan fingerprint density at radius 2 is 2.31 bits per heavy atom. The lowest BCUT2D eigenvalue weighted by Crippen LogP contribution is -1.97. The van der Waals surface area contributed by atoms with Crippen LogP contribution in [0.15, 0.2) is 18.2 Å². The number of fused-ring (bicyclic) bond motifs is 1. The van der Waals surface area contributed by atoms with Crippen LogP contribution in [0.1, 0.15) is 6.92 Å². The molecule has 13 heavy (non-hydrogen) atoms. The molecule has 0 aliphatic rings. The molecule has 0 aliphatic carbocycles. The van der Waals surface area contributed by atoms with Crippen LogP contribution in [0.2, 0.25) is 5.15 Å². The first-order valence-corrected chi connectivity index (χ1v) is 4.42. The van der Waals surface area contributed by atoms with E-state index in [0.717, 1.165) is 0 Å². The maximum absolute atomic E-state index is 13.3. The largest absolute Gasteiger partial charge is 0.261 e. The summed E-state index contributed by atoms with van der Waals surface area (Å²) in [6, 6.07) is 4.80. The quantitative estimate of drug-likeness (QED) is 0.689. The first-order valence-electron chi connectivity index (χ1n) is 4.04. The minimum Gasteiger partial charge on any atom is -0.261 e. The van der Waals surface area contributed by atoms with Crippen LogP contribution in [0.25, 0.3) is 10.9 Å². The van der Waals surface area contributed by atoms with Crippen molar-refractivity contribution < 1.29 is 4.39 Å². The van der Waals surface area contributed by atoms with Gasteiger partial charge in [-0.2, -0.15) is 5.10 Å². The standard InChI is InChI=1S/C9H8ClFN2/c1-2-13-8-6(9(10)12-13)4-3-5-7(8)11/h3-5H,2H2,1H3. The SMILES string of the molecule is CCn1nc(Cl)c2cccc(F)c21. The molecule has 0 aliphatic heterocycles. The molecule has 0 radical (unpaired) electrons. The molecule has 2 nitrogen and oxygen atoms in total. The molecule has 1 heterocycles. The monoisotopic (exact) mass is 198 g/mol. The van der Waals surface area contributed by atoms with Crippen molar-refractivity contribution in [1.29, 1.82) is 0 Å². The van der Waals surface area contributed by atoms with Crippen LogP contribution in [0.4, 0.5) is 4.39 Å². The van der Waals surface area contributed by atoms with Crippen LogP contribution in [0, 0.1) is 5.82 Å². The summed E-state index contributed by atoms with van der Waals surface area (Å²) in [5.74, 6) is -0.279. The zero-order chi connectivity index (χ0) is 9.42. The zero-order valence-corrected chi connectivity index (χ0v) is 7.85. The van der Waals surface area contributed by atoms with E-state index < -0.39 is 0 Å². The van der Waals surface area contributed by atoms with Crippen LogP contribution in [-0.4, -0.2) is 9.78 Å². The number of hydrogen-bond acceptors (Lipinski definition) is 1. The summed E-state index contributed by atoms with van der Waals surface area (Å²) in [6.45, 7) is 2.51. The van der Waals surface area contributed by atoms with E-state index in [2.05, 4.69) is 5.10 Å². The van der Waals surface area contributed by atoms with Gasteiger partial charge < -0.3 is 0 Å². The third-order valence-corrected chi connectivity index (χ3v) is 2.25. The molecule has 0 unspecified atom stereocenters. The lowest BCUT2D eigenvalue weighted by atomic mass is 10.2. The third-order valence-electron chi connectivity index (χ3n) is 1.98. The molecule has 0 bridgehead atoms. The minimum absolute atomic E-state index is 0.279. The Kier molecular flexibility index (Phi) is 1.96. The fourth-order valence-electron chi connectivity index (χ4n) is 1.38. The summed E-state index contributed by atoms with van der Waals surface area (Å²) in [6.07, 6.45) is 0. The number of benzene rings is 1. The number of rotatable bonds is 1. The topological polar surface area (TPSA) is 17.8 Å². The summed E-state index contributed by atoms with van der Waals surface area (Å²) in [5, 5.41) is 5.04. The van der Waals surface area contributed by atoms with Gasteiger partial charge in [-0.05, 0) is 19.1 Å². The van der Waals surface area contributed by atoms with Gasteiger partial charge in [0.2, 0.25) is 0 Å². The van der Waals surface area contributed by atoms with Crippen molar-refractivity contribution >= 4 is 22.5 Å². The molecule has 4 heteroatoms. The molecule has 1 aromatic heterocycles. The summed E-state index contributed by atoms with van der Waals surface area (Å²) in [5.41, 5.74) is 0.481. The molecule has 0 amide bonds. The Hall–Kier alpha value is -1.09. The summed E-state index contributed by atoms with van der Waals surface area (Å²) in [4.78, 5) is 0. The van der Waals surface area contributed by atoms with Gasteiger partial charge in [0, 0.05) is 11.9 Å². The van der Waals surface area contributed by atoms with Gasteiger partial charge >= 0.3 is 0 Å². The first-order chi connectivity index (χ1) is 6.24. The second kappa shape index (κ2) is 3.00. The first kappa shape index (κ1) is 8.51. The van der Waals surface area contributed by atoms with E-state index in [4.69, 9.17) is 11.6 Å². The van der Waals surface area contributed by atoms with E-state index in [0.29, 0.717) is 22.6 Å². The van der Waals surface area contributed by atoms with E-state index in [9.17, 15) is 4.39 Å². The molecule has 0 saturated heterocycles. The Morgan fingerprint density at radius 3 is 3.00 bits per heavy atom. The second-order valence-corrected chi connectivity index (χ2v) is 3.10. The molecule has 2 rings (SSSR count). The zero-order valence-electron chi connectivity index (χ0n) is 7.09. The number of hydrogen-bond donors (Lipinski definition) is 0. The van der Waals surface area contributed by atoms with Gasteiger partial charge in [-0.1, -0.05) is 17.7 Å². The van der Waals surface area contributed by atoms with E-state index >= 15 is 0 Å². The van der Waals surface area contributed by atoms with Crippen LogP contribution < -0.4 is 0 Å². The molecule has 68 valence electrons. The van der Waals surface area contributed by atoms with Crippen molar-refractivity contribution in [3.8, 4) is 0 Å². The lowest BCUT2D eigenvalue weighted by Gasteiger charge is -1.97. The van der Waals surface area contributed by atoms with E-state index in [1.807, 2.05) is 6.92 Å². The average molecular weight is 199 g/mol. The Labute approximate surface area is 79.9 Å². The number of aromatic nitrogens is 2. The van der Waals surface area contributed by atoms with Crippen molar-refractivity contribution in [2.45, 2.75) is 13.5 Å². The van der Waals surface area contributed by atoms with Gasteiger partial charge in [0.25, 0.3) is 0 Å². The number of para-hydroxylation sites is 1. The molecule has 1 aromatic carbocycles. The molecule has 0 N–H and O–H groups in total. The Morgan fingerprint density at radius 1 is 1.54 bits per heavy atom. The van der Waals surface area contributed by atoms with Gasteiger partial charge in [0.05, 0.1) is 0 Å². The molecular formula is C9H8ClFN2. The van der Waals surface area contributed by atoms with E-state index in [1.165, 1.54) is 6.07 Å². The minimum atomic E-state index is -0.279. The number of nitrogens with zero attached hydrogens (tertiary/aromatic N) is 2. The average Bonchev–Trinajstić information content (AvgIpc) is 2.45. The highest BCUT2D eigenvalue weighted by Crippen LogP contribution is 2.24. The van der Waals surface area contributed by atoms with Crippen LogP contribution in [-0.2, 0) is 6.54 Å². The van der Waals surface area contributed by atoms with Gasteiger partial charge in [-0.3, -0.25) is 4.68 Å². The Bertz CT molecular complexity index is 450. The maximum Gasteiger partial charge on any atom is 0.159 e. The van der Waals surface area contributed by atoms with Gasteiger partial charge in [0.1, 0.15) is 11.3 Å². The van der Waals surface area contributed by atoms with Crippen molar-refractivity contribution in [3.05, 3.63) is 29.2 Å². The Balaban J connectivity index is 2.89. The van der Waals surface area contributed by atoms with Gasteiger partial charge in [-0.25, -0.2) is 4.39 Å². The van der Waals surface area contributed by atoms with Crippen molar-refractivity contribution in [2.24, 2.45) is 0 Å². The number of halogens is 2. The van der Waals surface area contributed by atoms with Gasteiger partial charge in [0.15, 0.2) is 5.15 Å². The van der Waals surface area contributed by atoms with E-state index in [-0.39, 0.29) is 5.82 Å². The molecule has 0 atom stereocenters. The fourth-order valence-corrected chi connectivity index (χ4v) is 1.63. The smallest absolute Gasteiger partial charge is 0.159 e. The highest BCUT2D eigenvalue weighted by Gasteiger charge is 2.10. The normalized spacial score (nSPS) is 11.0. The van der Waals surface area contributed by atoms with Crippen LogP contribution >= 0.6 is 11.6 Å².